The van der Waals surface area contributed by atoms with Crippen LogP contribution in [0.1, 0.15) is 53.9 Å². The summed E-state index contributed by atoms with van der Waals surface area (Å²) in [5.74, 6) is -1.95. The third-order valence-corrected chi connectivity index (χ3v) is 4.26. The average Bonchev–Trinajstić information content (AvgIpc) is 2.31. The molecular weight excluding hydrogens is 248 g/mol. The van der Waals surface area contributed by atoms with Crippen LogP contribution in [0.4, 0.5) is 0 Å². The second-order valence-corrected chi connectivity index (χ2v) is 5.74. The molecule has 0 fully saturated rings. The minimum Gasteiger partial charge on any atom is -0.481 e. The molecule has 0 aromatic carbocycles. The Labute approximate surface area is 115 Å². The Morgan fingerprint density at radius 1 is 1.21 bits per heavy atom. The van der Waals surface area contributed by atoms with Crippen molar-refractivity contribution in [2.24, 2.45) is 11.3 Å². The first-order chi connectivity index (χ1) is 8.59. The molecule has 0 radical (unpaired) electrons. The Kier molecular flexibility index (Phi) is 6.49. The van der Waals surface area contributed by atoms with E-state index in [1.165, 1.54) is 0 Å². The molecule has 0 aliphatic heterocycles. The Morgan fingerprint density at radius 2 is 1.74 bits per heavy atom. The van der Waals surface area contributed by atoms with Crippen molar-refractivity contribution in [3.05, 3.63) is 0 Å². The lowest BCUT2D eigenvalue weighted by atomic mass is 9.66. The van der Waals surface area contributed by atoms with E-state index in [1.54, 1.807) is 6.92 Å². The first-order valence-corrected chi connectivity index (χ1v) is 6.68. The van der Waals surface area contributed by atoms with Crippen LogP contribution in [0.25, 0.3) is 0 Å². The van der Waals surface area contributed by atoms with Gasteiger partial charge in [-0.2, -0.15) is 0 Å². The molecule has 0 heterocycles. The van der Waals surface area contributed by atoms with Gasteiger partial charge < -0.3 is 14.9 Å². The van der Waals surface area contributed by atoms with E-state index < -0.39 is 23.0 Å². The minimum absolute atomic E-state index is 0.0358. The molecule has 0 saturated heterocycles. The summed E-state index contributed by atoms with van der Waals surface area (Å²) in [7, 11) is 0. The van der Waals surface area contributed by atoms with Gasteiger partial charge in [0.1, 0.15) is 0 Å². The normalized spacial score (nSPS) is 16.7. The van der Waals surface area contributed by atoms with E-state index in [0.29, 0.717) is 13.0 Å². The van der Waals surface area contributed by atoms with Crippen molar-refractivity contribution in [3.63, 3.8) is 0 Å². The first-order valence-electron chi connectivity index (χ1n) is 6.68. The number of hydrogen-bond donors (Lipinski definition) is 2. The molecule has 112 valence electrons. The van der Waals surface area contributed by atoms with Gasteiger partial charge in [-0.15, -0.1) is 0 Å². The number of carboxylic acids is 2. The second-order valence-electron chi connectivity index (χ2n) is 5.74. The van der Waals surface area contributed by atoms with Crippen LogP contribution in [0.3, 0.4) is 0 Å². The SMILES string of the molecule is CCCOC(C)(C(=O)O)C(C)(C)C(C)CCC(=O)O. The van der Waals surface area contributed by atoms with Gasteiger partial charge in [0.2, 0.25) is 0 Å². The molecule has 0 aromatic heterocycles. The van der Waals surface area contributed by atoms with Gasteiger partial charge in [-0.1, -0.05) is 27.7 Å². The maximum atomic E-state index is 11.6. The third-order valence-electron chi connectivity index (χ3n) is 4.26. The number of ether oxygens (including phenoxy) is 1. The standard InChI is InChI=1S/C14H26O5/c1-6-9-19-14(5,12(17)18)13(3,4)10(2)7-8-11(15)16/h10H,6-9H2,1-5H3,(H,15,16)(H,17,18). The summed E-state index contributed by atoms with van der Waals surface area (Å²) >= 11 is 0. The molecule has 2 atom stereocenters. The van der Waals surface area contributed by atoms with Gasteiger partial charge in [0.05, 0.1) is 0 Å². The van der Waals surface area contributed by atoms with Crippen molar-refractivity contribution in [3.8, 4) is 0 Å². The molecule has 0 bridgehead atoms. The van der Waals surface area contributed by atoms with E-state index in [9.17, 15) is 14.7 Å². The fourth-order valence-electron chi connectivity index (χ4n) is 2.00. The van der Waals surface area contributed by atoms with E-state index in [2.05, 4.69) is 0 Å². The number of aliphatic carboxylic acids is 2. The quantitative estimate of drug-likeness (QED) is 0.675. The van der Waals surface area contributed by atoms with Gasteiger partial charge in [0, 0.05) is 18.4 Å². The largest absolute Gasteiger partial charge is 0.481 e. The molecule has 0 aromatic rings. The van der Waals surface area contributed by atoms with Crippen molar-refractivity contribution >= 4 is 11.9 Å². The minimum atomic E-state index is -1.32. The van der Waals surface area contributed by atoms with Crippen molar-refractivity contribution in [1.82, 2.24) is 0 Å². The second kappa shape index (κ2) is 6.89. The highest BCUT2D eigenvalue weighted by atomic mass is 16.5. The Morgan fingerprint density at radius 3 is 2.11 bits per heavy atom. The summed E-state index contributed by atoms with van der Waals surface area (Å²) in [6.45, 7) is 9.38. The Hall–Kier alpha value is -1.10. The van der Waals surface area contributed by atoms with Gasteiger partial charge >= 0.3 is 11.9 Å². The van der Waals surface area contributed by atoms with Crippen LogP contribution >= 0.6 is 0 Å². The zero-order chi connectivity index (χ0) is 15.3. The molecular formula is C14H26O5. The summed E-state index contributed by atoms with van der Waals surface area (Å²) in [5.41, 5.74) is -1.98. The molecule has 5 nitrogen and oxygen atoms in total. The van der Waals surface area contributed by atoms with Gasteiger partial charge in [0.25, 0.3) is 0 Å². The van der Waals surface area contributed by atoms with Crippen molar-refractivity contribution in [2.75, 3.05) is 6.61 Å². The molecule has 0 aliphatic carbocycles. The van der Waals surface area contributed by atoms with Crippen molar-refractivity contribution < 1.29 is 24.5 Å². The molecule has 5 heteroatoms. The number of rotatable bonds is 9. The van der Waals surface area contributed by atoms with Crippen LogP contribution in [0, 0.1) is 11.3 Å². The van der Waals surface area contributed by atoms with E-state index in [-0.39, 0.29) is 12.3 Å². The average molecular weight is 274 g/mol. The van der Waals surface area contributed by atoms with Gasteiger partial charge in [-0.25, -0.2) is 4.79 Å². The van der Waals surface area contributed by atoms with E-state index in [4.69, 9.17) is 9.84 Å². The fraction of sp³-hybridized carbons (Fsp3) is 0.857. The molecule has 0 rings (SSSR count). The fourth-order valence-corrected chi connectivity index (χ4v) is 2.00. The summed E-state index contributed by atoms with van der Waals surface area (Å²) < 4.78 is 5.59. The molecule has 0 amide bonds. The van der Waals surface area contributed by atoms with Crippen LogP contribution in [-0.4, -0.2) is 34.4 Å². The molecule has 0 saturated carbocycles. The lowest BCUT2D eigenvalue weighted by Gasteiger charge is -2.44. The van der Waals surface area contributed by atoms with Crippen molar-refractivity contribution in [2.45, 2.75) is 59.5 Å². The summed E-state index contributed by atoms with van der Waals surface area (Å²) in [4.78, 5) is 22.2. The van der Waals surface area contributed by atoms with Gasteiger partial charge in [-0.3, -0.25) is 4.79 Å². The molecule has 2 N–H and O–H groups in total. The van der Waals surface area contributed by atoms with E-state index in [0.717, 1.165) is 6.42 Å². The molecule has 0 aliphatic rings. The van der Waals surface area contributed by atoms with E-state index >= 15 is 0 Å². The molecule has 19 heavy (non-hydrogen) atoms. The summed E-state index contributed by atoms with van der Waals surface area (Å²) in [6, 6.07) is 0. The highest BCUT2D eigenvalue weighted by molar-refractivity contribution is 5.78. The number of carbonyl (C=O) groups is 2. The number of carboxylic acid groups (broad SMARTS) is 2. The predicted octanol–water partition coefficient (Wildman–Crippen LogP) is 2.78. The van der Waals surface area contributed by atoms with Crippen LogP contribution in [0.5, 0.6) is 0 Å². The molecule has 2 unspecified atom stereocenters. The Balaban J connectivity index is 5.06. The zero-order valence-corrected chi connectivity index (χ0v) is 12.5. The van der Waals surface area contributed by atoms with Gasteiger partial charge in [0.15, 0.2) is 5.60 Å². The summed E-state index contributed by atoms with van der Waals surface area (Å²) in [6.07, 6.45) is 1.21. The predicted molar refractivity (Wildman–Crippen MR) is 72.1 cm³/mol. The monoisotopic (exact) mass is 274 g/mol. The lowest BCUT2D eigenvalue weighted by Crippen LogP contribution is -2.54. The maximum absolute atomic E-state index is 11.6. The van der Waals surface area contributed by atoms with Crippen LogP contribution in [-0.2, 0) is 14.3 Å². The number of hydrogen-bond acceptors (Lipinski definition) is 3. The highest BCUT2D eigenvalue weighted by Gasteiger charge is 2.51. The maximum Gasteiger partial charge on any atom is 0.336 e. The van der Waals surface area contributed by atoms with Crippen LogP contribution in [0.15, 0.2) is 0 Å². The third kappa shape index (κ3) is 4.20. The Bertz CT molecular complexity index is 324. The highest BCUT2D eigenvalue weighted by Crippen LogP contribution is 2.43. The van der Waals surface area contributed by atoms with Gasteiger partial charge in [-0.05, 0) is 25.7 Å². The zero-order valence-electron chi connectivity index (χ0n) is 12.5. The topological polar surface area (TPSA) is 83.8 Å². The molecule has 0 spiro atoms. The smallest absolute Gasteiger partial charge is 0.336 e. The lowest BCUT2D eigenvalue weighted by molar-refractivity contribution is -0.187. The summed E-state index contributed by atoms with van der Waals surface area (Å²) in [5, 5.41) is 18.2. The van der Waals surface area contributed by atoms with Crippen molar-refractivity contribution in [1.29, 1.82) is 0 Å². The van der Waals surface area contributed by atoms with Crippen LogP contribution in [0.2, 0.25) is 0 Å². The van der Waals surface area contributed by atoms with E-state index in [1.807, 2.05) is 27.7 Å². The van der Waals surface area contributed by atoms with Crippen LogP contribution < -0.4 is 0 Å². The first kappa shape index (κ1) is 17.9.